The zero-order valence-electron chi connectivity index (χ0n) is 14.3. The number of methoxy groups -OCH3 is 1. The molecule has 130 valence electrons. The molecule has 1 aromatic carbocycles. The van der Waals surface area contributed by atoms with Crippen LogP contribution in [-0.2, 0) is 9.53 Å². The number of hydrogen-bond donors (Lipinski definition) is 2. The highest BCUT2D eigenvalue weighted by Crippen LogP contribution is 2.28. The fourth-order valence-corrected chi connectivity index (χ4v) is 2.61. The van der Waals surface area contributed by atoms with Gasteiger partial charge < -0.3 is 20.1 Å². The van der Waals surface area contributed by atoms with E-state index in [0.717, 1.165) is 24.8 Å². The fraction of sp³-hybridized carbons (Fsp3) is 0.444. The molecule has 0 saturated carbocycles. The van der Waals surface area contributed by atoms with Crippen LogP contribution in [0.5, 0.6) is 5.75 Å². The van der Waals surface area contributed by atoms with Crippen LogP contribution in [0.2, 0.25) is 0 Å². The Morgan fingerprint density at radius 3 is 2.54 bits per heavy atom. The Labute approximate surface area is 142 Å². The van der Waals surface area contributed by atoms with Crippen LogP contribution in [0.15, 0.2) is 35.5 Å². The van der Waals surface area contributed by atoms with E-state index in [0.29, 0.717) is 23.6 Å². The average Bonchev–Trinajstić information content (AvgIpc) is 2.58. The topological polar surface area (TPSA) is 76.7 Å². The summed E-state index contributed by atoms with van der Waals surface area (Å²) in [5.74, 6) is 0.306. The highest BCUT2D eigenvalue weighted by atomic mass is 16.5. The van der Waals surface area contributed by atoms with Gasteiger partial charge in [0.15, 0.2) is 0 Å². The van der Waals surface area contributed by atoms with Crippen molar-refractivity contribution in [1.29, 1.82) is 0 Å². The normalized spacial score (nSPS) is 17.1. The van der Waals surface area contributed by atoms with Gasteiger partial charge in [-0.15, -0.1) is 0 Å². The summed E-state index contributed by atoms with van der Waals surface area (Å²) in [5, 5.41) is 5.42. The smallest absolute Gasteiger partial charge is 0.338 e. The summed E-state index contributed by atoms with van der Waals surface area (Å²) in [7, 11) is 1.59. The molecular weight excluding hydrogens is 308 g/mol. The number of amides is 2. The third-order valence-corrected chi connectivity index (χ3v) is 3.92. The Morgan fingerprint density at radius 1 is 1.21 bits per heavy atom. The molecule has 0 fully saturated rings. The first kappa shape index (κ1) is 17.8. The molecule has 0 aliphatic carbocycles. The van der Waals surface area contributed by atoms with Crippen molar-refractivity contribution in [2.45, 2.75) is 39.2 Å². The first-order valence-electron chi connectivity index (χ1n) is 8.16. The van der Waals surface area contributed by atoms with Crippen LogP contribution in [0.3, 0.4) is 0 Å². The second-order valence-electron chi connectivity index (χ2n) is 5.69. The molecule has 24 heavy (non-hydrogen) atoms. The molecule has 1 aliphatic rings. The highest BCUT2D eigenvalue weighted by Gasteiger charge is 2.32. The van der Waals surface area contributed by atoms with E-state index in [-0.39, 0.29) is 6.03 Å². The molecule has 0 spiro atoms. The van der Waals surface area contributed by atoms with Crippen LogP contribution in [0.25, 0.3) is 0 Å². The number of esters is 1. The van der Waals surface area contributed by atoms with Crippen molar-refractivity contribution >= 4 is 12.0 Å². The van der Waals surface area contributed by atoms with Crippen LogP contribution in [0.4, 0.5) is 4.79 Å². The van der Waals surface area contributed by atoms with Crippen molar-refractivity contribution < 1.29 is 19.1 Å². The first-order chi connectivity index (χ1) is 11.6. The number of unbranched alkanes of at least 4 members (excludes halogenated alkanes) is 2. The highest BCUT2D eigenvalue weighted by molar-refractivity contribution is 5.95. The van der Waals surface area contributed by atoms with Crippen LogP contribution < -0.4 is 15.4 Å². The lowest BCUT2D eigenvalue weighted by Gasteiger charge is -2.28. The zero-order valence-corrected chi connectivity index (χ0v) is 14.3. The summed E-state index contributed by atoms with van der Waals surface area (Å²) in [4.78, 5) is 24.3. The molecule has 2 amide bonds. The Balaban J connectivity index is 2.21. The molecule has 0 bridgehead atoms. The fourth-order valence-electron chi connectivity index (χ4n) is 2.61. The Morgan fingerprint density at radius 2 is 1.92 bits per heavy atom. The summed E-state index contributed by atoms with van der Waals surface area (Å²) >= 11 is 0. The van der Waals surface area contributed by atoms with Crippen molar-refractivity contribution in [3.63, 3.8) is 0 Å². The molecule has 1 atom stereocenters. The molecular formula is C18H24N2O4. The number of ether oxygens (including phenoxy) is 2. The maximum absolute atomic E-state index is 12.5. The molecule has 0 unspecified atom stereocenters. The summed E-state index contributed by atoms with van der Waals surface area (Å²) in [5.41, 5.74) is 1.74. The van der Waals surface area contributed by atoms with Gasteiger partial charge in [0, 0.05) is 5.70 Å². The third kappa shape index (κ3) is 4.28. The van der Waals surface area contributed by atoms with Gasteiger partial charge in [-0.2, -0.15) is 0 Å². The molecule has 2 rings (SSSR count). The number of benzene rings is 1. The van der Waals surface area contributed by atoms with Crippen molar-refractivity contribution in [2.24, 2.45) is 0 Å². The maximum Gasteiger partial charge on any atom is 0.338 e. The van der Waals surface area contributed by atoms with Crippen molar-refractivity contribution in [2.75, 3.05) is 13.7 Å². The number of carbonyl (C=O) groups is 2. The number of urea groups is 1. The van der Waals surface area contributed by atoms with Crippen LogP contribution in [0, 0.1) is 0 Å². The van der Waals surface area contributed by atoms with Crippen molar-refractivity contribution in [3.05, 3.63) is 41.1 Å². The summed E-state index contributed by atoms with van der Waals surface area (Å²) in [6, 6.07) is 6.37. The Bertz CT molecular complexity index is 622. The summed E-state index contributed by atoms with van der Waals surface area (Å²) in [6.45, 7) is 4.18. The number of allylic oxidation sites excluding steroid dienone is 1. The predicted molar refractivity (Wildman–Crippen MR) is 90.6 cm³/mol. The SMILES string of the molecule is CCCCCOC(=O)C1=C(C)NC(=O)N[C@H]1c1ccc(OC)cc1. The molecule has 1 aromatic rings. The van der Waals surface area contributed by atoms with E-state index in [1.807, 2.05) is 12.1 Å². The van der Waals surface area contributed by atoms with Gasteiger partial charge in [0.25, 0.3) is 0 Å². The number of carbonyl (C=O) groups excluding carboxylic acids is 2. The first-order valence-corrected chi connectivity index (χ1v) is 8.16. The summed E-state index contributed by atoms with van der Waals surface area (Å²) < 4.78 is 10.5. The number of rotatable bonds is 7. The lowest BCUT2D eigenvalue weighted by atomic mass is 9.95. The van der Waals surface area contributed by atoms with Crippen molar-refractivity contribution in [1.82, 2.24) is 10.6 Å². The van der Waals surface area contributed by atoms with Gasteiger partial charge in [0.1, 0.15) is 5.75 Å². The zero-order chi connectivity index (χ0) is 17.5. The minimum Gasteiger partial charge on any atom is -0.497 e. The van der Waals surface area contributed by atoms with Crippen LogP contribution in [0.1, 0.15) is 44.7 Å². The Kier molecular flexibility index (Phi) is 6.23. The largest absolute Gasteiger partial charge is 0.497 e. The van der Waals surface area contributed by atoms with E-state index < -0.39 is 12.0 Å². The van der Waals surface area contributed by atoms with Crippen molar-refractivity contribution in [3.8, 4) is 5.75 Å². The van der Waals surface area contributed by atoms with Gasteiger partial charge in [0.05, 0.1) is 25.3 Å². The van der Waals surface area contributed by atoms with E-state index in [9.17, 15) is 9.59 Å². The molecule has 1 aliphatic heterocycles. The van der Waals surface area contributed by atoms with Crippen LogP contribution in [-0.4, -0.2) is 25.7 Å². The number of nitrogens with one attached hydrogen (secondary N) is 2. The lowest BCUT2D eigenvalue weighted by molar-refractivity contribution is -0.139. The monoisotopic (exact) mass is 332 g/mol. The van der Waals surface area contributed by atoms with E-state index >= 15 is 0 Å². The second kappa shape index (κ2) is 8.38. The van der Waals surface area contributed by atoms with Gasteiger partial charge in [-0.05, 0) is 31.0 Å². The van der Waals surface area contributed by atoms with Gasteiger partial charge in [-0.3, -0.25) is 0 Å². The summed E-state index contributed by atoms with van der Waals surface area (Å²) in [6.07, 6.45) is 2.91. The molecule has 0 aromatic heterocycles. The second-order valence-corrected chi connectivity index (χ2v) is 5.69. The van der Waals surface area contributed by atoms with Gasteiger partial charge >= 0.3 is 12.0 Å². The quantitative estimate of drug-likeness (QED) is 0.594. The Hall–Kier alpha value is -2.50. The number of hydrogen-bond acceptors (Lipinski definition) is 4. The van der Waals surface area contributed by atoms with Gasteiger partial charge in [0.2, 0.25) is 0 Å². The lowest BCUT2D eigenvalue weighted by Crippen LogP contribution is -2.45. The minimum atomic E-state index is -0.539. The van der Waals surface area contributed by atoms with E-state index in [2.05, 4.69) is 17.6 Å². The molecule has 1 heterocycles. The average molecular weight is 332 g/mol. The van der Waals surface area contributed by atoms with Crippen LogP contribution >= 0.6 is 0 Å². The minimum absolute atomic E-state index is 0.337. The molecule has 2 N–H and O–H groups in total. The molecule has 6 heteroatoms. The van der Waals surface area contributed by atoms with Gasteiger partial charge in [-0.25, -0.2) is 9.59 Å². The predicted octanol–water partition coefficient (Wildman–Crippen LogP) is 3.06. The third-order valence-electron chi connectivity index (χ3n) is 3.92. The van der Waals surface area contributed by atoms with E-state index in [1.54, 1.807) is 26.2 Å². The van der Waals surface area contributed by atoms with Gasteiger partial charge in [-0.1, -0.05) is 31.9 Å². The maximum atomic E-state index is 12.5. The molecule has 6 nitrogen and oxygen atoms in total. The van der Waals surface area contributed by atoms with E-state index in [1.165, 1.54) is 0 Å². The molecule has 0 radical (unpaired) electrons. The van der Waals surface area contributed by atoms with E-state index in [4.69, 9.17) is 9.47 Å². The standard InChI is InChI=1S/C18H24N2O4/c1-4-5-6-11-24-17(21)15-12(2)19-18(22)20-16(15)13-7-9-14(23-3)10-8-13/h7-10,16H,4-6,11H2,1-3H3,(H2,19,20,22)/t16-/m0/s1. The molecule has 0 saturated heterocycles.